The van der Waals surface area contributed by atoms with Crippen LogP contribution in [0.5, 0.6) is 0 Å². The second-order valence-electron chi connectivity index (χ2n) is 6.14. The van der Waals surface area contributed by atoms with Crippen LogP contribution in [0.25, 0.3) is 0 Å². The van der Waals surface area contributed by atoms with Crippen LogP contribution in [0.3, 0.4) is 0 Å². The van der Waals surface area contributed by atoms with Gasteiger partial charge >= 0.3 is 0 Å². The number of hydrogen-bond acceptors (Lipinski definition) is 4. The van der Waals surface area contributed by atoms with Gasteiger partial charge in [-0.2, -0.15) is 11.8 Å². The van der Waals surface area contributed by atoms with Crippen LogP contribution in [0.2, 0.25) is 0 Å². The normalized spacial score (nSPS) is 18.5. The molecular weight excluding hydrogens is 324 g/mol. The van der Waals surface area contributed by atoms with Gasteiger partial charge in [0.05, 0.1) is 6.61 Å². The average Bonchev–Trinajstić information content (AvgIpc) is 3.44. The van der Waals surface area contributed by atoms with E-state index < -0.39 is 6.04 Å². The van der Waals surface area contributed by atoms with Crippen molar-refractivity contribution in [2.75, 3.05) is 18.9 Å². The number of benzene rings is 1. The number of carbonyl (C=O) groups excluding carboxylic acids is 2. The minimum absolute atomic E-state index is 0.120. The predicted molar refractivity (Wildman–Crippen MR) is 96.7 cm³/mol. The number of epoxide rings is 1. The van der Waals surface area contributed by atoms with Crippen LogP contribution in [0.4, 0.5) is 0 Å². The van der Waals surface area contributed by atoms with Crippen molar-refractivity contribution in [3.05, 3.63) is 35.9 Å². The van der Waals surface area contributed by atoms with Gasteiger partial charge in [0.2, 0.25) is 5.91 Å². The van der Waals surface area contributed by atoms with E-state index in [1.165, 1.54) is 5.56 Å². The summed E-state index contributed by atoms with van der Waals surface area (Å²) in [6.45, 7) is 5.27. The Balaban J connectivity index is 1.83. The highest BCUT2D eigenvalue weighted by molar-refractivity contribution is 7.98. The zero-order valence-electron chi connectivity index (χ0n) is 14.3. The van der Waals surface area contributed by atoms with Crippen molar-refractivity contribution in [3.8, 4) is 0 Å². The van der Waals surface area contributed by atoms with Crippen molar-refractivity contribution < 1.29 is 14.3 Å². The van der Waals surface area contributed by atoms with E-state index in [1.807, 2.05) is 18.2 Å². The summed E-state index contributed by atoms with van der Waals surface area (Å²) in [6, 6.07) is 9.56. The standard InChI is InChI=1S/C18H26N2O3S/c1-3-13(2)9-19-17(21)15(20-18(22)16-10-23-16)12-24-11-14-7-5-4-6-8-14/h4-8,13,15-16H,3,9-12H2,1-2H3,(H,19,21)(H,20,22)/t13?,15-,16-/m0/s1. The Hall–Kier alpha value is -1.53. The molecule has 1 aliphatic rings. The van der Waals surface area contributed by atoms with E-state index >= 15 is 0 Å². The summed E-state index contributed by atoms with van der Waals surface area (Å²) in [6.07, 6.45) is 0.629. The van der Waals surface area contributed by atoms with E-state index in [1.54, 1.807) is 11.8 Å². The molecule has 0 aliphatic carbocycles. The molecule has 1 fully saturated rings. The average molecular weight is 350 g/mol. The molecule has 0 aromatic heterocycles. The second kappa shape index (κ2) is 9.69. The Kier molecular flexibility index (Phi) is 7.59. The zero-order valence-corrected chi connectivity index (χ0v) is 15.1. The molecule has 24 heavy (non-hydrogen) atoms. The quantitative estimate of drug-likeness (QED) is 0.633. The maximum atomic E-state index is 12.4. The smallest absolute Gasteiger partial charge is 0.252 e. The van der Waals surface area contributed by atoms with Crippen LogP contribution in [0, 0.1) is 5.92 Å². The Bertz CT molecular complexity index is 534. The van der Waals surface area contributed by atoms with Gasteiger partial charge in [0.25, 0.3) is 5.91 Å². The summed E-state index contributed by atoms with van der Waals surface area (Å²) in [4.78, 5) is 24.3. The first-order valence-electron chi connectivity index (χ1n) is 8.41. The Morgan fingerprint density at radius 1 is 1.33 bits per heavy atom. The van der Waals surface area contributed by atoms with Crippen LogP contribution in [0.15, 0.2) is 30.3 Å². The SMILES string of the molecule is CCC(C)CNC(=O)[C@H](CSCc1ccccc1)NC(=O)[C@@H]1CO1. The maximum Gasteiger partial charge on any atom is 0.252 e. The fraction of sp³-hybridized carbons (Fsp3) is 0.556. The molecule has 1 aromatic carbocycles. The van der Waals surface area contributed by atoms with Crippen LogP contribution in [-0.4, -0.2) is 42.9 Å². The molecule has 0 saturated carbocycles. The molecule has 3 atom stereocenters. The van der Waals surface area contributed by atoms with E-state index in [4.69, 9.17) is 4.74 Å². The highest BCUT2D eigenvalue weighted by Gasteiger charge is 2.34. The van der Waals surface area contributed by atoms with Crippen molar-refractivity contribution in [1.82, 2.24) is 10.6 Å². The monoisotopic (exact) mass is 350 g/mol. The Labute approximate surface area is 147 Å². The fourth-order valence-electron chi connectivity index (χ4n) is 2.06. The Morgan fingerprint density at radius 2 is 2.04 bits per heavy atom. The van der Waals surface area contributed by atoms with Gasteiger partial charge in [-0.3, -0.25) is 9.59 Å². The lowest BCUT2D eigenvalue weighted by Crippen LogP contribution is -2.50. The summed E-state index contributed by atoms with van der Waals surface area (Å²) in [7, 11) is 0. The number of rotatable bonds is 10. The minimum atomic E-state index is -0.528. The van der Waals surface area contributed by atoms with Gasteiger partial charge in [0.15, 0.2) is 6.10 Å². The van der Waals surface area contributed by atoms with Crippen molar-refractivity contribution >= 4 is 23.6 Å². The number of hydrogen-bond donors (Lipinski definition) is 2. The second-order valence-corrected chi connectivity index (χ2v) is 7.17. The summed E-state index contributed by atoms with van der Waals surface area (Å²) < 4.78 is 4.99. The molecule has 0 bridgehead atoms. The fourth-order valence-corrected chi connectivity index (χ4v) is 3.07. The van der Waals surface area contributed by atoms with E-state index in [2.05, 4.69) is 36.6 Å². The van der Waals surface area contributed by atoms with E-state index in [9.17, 15) is 9.59 Å². The molecule has 0 spiro atoms. The molecular formula is C18H26N2O3S. The summed E-state index contributed by atoms with van der Waals surface area (Å²) >= 11 is 1.64. The van der Waals surface area contributed by atoms with Crippen LogP contribution < -0.4 is 10.6 Å². The molecule has 1 heterocycles. The third-order valence-electron chi connectivity index (χ3n) is 3.98. The minimum Gasteiger partial charge on any atom is -0.363 e. The lowest BCUT2D eigenvalue weighted by atomic mass is 10.1. The van der Waals surface area contributed by atoms with Gasteiger partial charge in [0, 0.05) is 18.1 Å². The van der Waals surface area contributed by atoms with Crippen molar-refractivity contribution in [2.24, 2.45) is 5.92 Å². The number of ether oxygens (including phenoxy) is 1. The first kappa shape index (κ1) is 18.8. The Morgan fingerprint density at radius 3 is 2.67 bits per heavy atom. The topological polar surface area (TPSA) is 70.7 Å². The third kappa shape index (κ3) is 6.53. The summed E-state index contributed by atoms with van der Waals surface area (Å²) in [5, 5.41) is 5.75. The van der Waals surface area contributed by atoms with Gasteiger partial charge in [-0.25, -0.2) is 0 Å². The van der Waals surface area contributed by atoms with Gasteiger partial charge in [-0.15, -0.1) is 0 Å². The number of thioether (sulfide) groups is 1. The van der Waals surface area contributed by atoms with Gasteiger partial charge < -0.3 is 15.4 Å². The first-order chi connectivity index (χ1) is 11.6. The van der Waals surface area contributed by atoms with Crippen molar-refractivity contribution in [2.45, 2.75) is 38.2 Å². The van der Waals surface area contributed by atoms with E-state index in [0.717, 1.165) is 12.2 Å². The lowest BCUT2D eigenvalue weighted by Gasteiger charge is -2.19. The van der Waals surface area contributed by atoms with E-state index in [0.29, 0.717) is 24.8 Å². The molecule has 1 unspecified atom stereocenters. The molecule has 1 aromatic rings. The van der Waals surface area contributed by atoms with Crippen LogP contribution in [-0.2, 0) is 20.1 Å². The van der Waals surface area contributed by atoms with Crippen molar-refractivity contribution in [1.29, 1.82) is 0 Å². The molecule has 132 valence electrons. The first-order valence-corrected chi connectivity index (χ1v) is 9.57. The lowest BCUT2D eigenvalue weighted by molar-refractivity contribution is -0.129. The molecule has 1 aliphatic heterocycles. The van der Waals surface area contributed by atoms with Gasteiger partial charge in [0.1, 0.15) is 6.04 Å². The zero-order chi connectivity index (χ0) is 17.4. The molecule has 2 amide bonds. The van der Waals surface area contributed by atoms with Gasteiger partial charge in [-0.1, -0.05) is 50.6 Å². The van der Waals surface area contributed by atoms with E-state index in [-0.39, 0.29) is 17.9 Å². The highest BCUT2D eigenvalue weighted by atomic mass is 32.2. The number of carbonyl (C=O) groups is 2. The number of amides is 2. The molecule has 1 saturated heterocycles. The molecule has 2 rings (SSSR count). The maximum absolute atomic E-state index is 12.4. The van der Waals surface area contributed by atoms with Gasteiger partial charge in [-0.05, 0) is 11.5 Å². The van der Waals surface area contributed by atoms with Crippen LogP contribution in [0.1, 0.15) is 25.8 Å². The molecule has 6 heteroatoms. The largest absolute Gasteiger partial charge is 0.363 e. The third-order valence-corrected chi connectivity index (χ3v) is 5.08. The highest BCUT2D eigenvalue weighted by Crippen LogP contribution is 2.14. The predicted octanol–water partition coefficient (Wildman–Crippen LogP) is 1.97. The molecule has 2 N–H and O–H groups in total. The van der Waals surface area contributed by atoms with Crippen molar-refractivity contribution in [3.63, 3.8) is 0 Å². The summed E-state index contributed by atoms with van der Waals surface area (Å²) in [5.74, 6) is 1.46. The molecule has 5 nitrogen and oxygen atoms in total. The number of nitrogens with one attached hydrogen (secondary N) is 2. The summed E-state index contributed by atoms with van der Waals surface area (Å²) in [5.41, 5.74) is 1.21. The molecule has 0 radical (unpaired) electrons. The van der Waals surface area contributed by atoms with Crippen LogP contribution >= 0.6 is 11.8 Å².